The van der Waals surface area contributed by atoms with Gasteiger partial charge in [0.25, 0.3) is 8.32 Å². The van der Waals surface area contributed by atoms with Crippen LogP contribution in [-0.2, 0) is 19.1 Å². The van der Waals surface area contributed by atoms with Crippen molar-refractivity contribution in [3.05, 3.63) is 56.5 Å². The Labute approximate surface area is 262 Å². The zero-order chi connectivity index (χ0) is 32.1. The molecule has 1 aromatic heterocycles. The largest absolute Gasteiger partial charge is 0.543 e. The number of hydrogen-bond acceptors (Lipinski definition) is 4. The van der Waals surface area contributed by atoms with Gasteiger partial charge in [-0.2, -0.15) is 13.2 Å². The van der Waals surface area contributed by atoms with E-state index in [9.17, 15) is 17.6 Å². The molecule has 0 N–H and O–H groups in total. The molecule has 3 rings (SSSR count). The molecule has 0 radical (unpaired) electrons. The number of aryl methyl sites for hydroxylation is 1. The lowest BCUT2D eigenvalue weighted by Crippen LogP contribution is -2.44. The van der Waals surface area contributed by atoms with Crippen molar-refractivity contribution < 1.29 is 26.4 Å². The Balaban J connectivity index is 2.17. The number of rotatable bonds is 8. The van der Waals surface area contributed by atoms with E-state index in [1.54, 1.807) is 0 Å². The highest BCUT2D eigenvalue weighted by molar-refractivity contribution is 14.1. The van der Waals surface area contributed by atoms with E-state index >= 15 is 0 Å². The summed E-state index contributed by atoms with van der Waals surface area (Å²) in [6.07, 6.45) is -3.87. The molecular weight excluding hydrogens is 693 g/mol. The van der Waals surface area contributed by atoms with Gasteiger partial charge < -0.3 is 8.85 Å². The minimum absolute atomic E-state index is 0.00605. The first kappa shape index (κ1) is 34.6. The summed E-state index contributed by atoms with van der Waals surface area (Å²) in [5.41, 5.74) is 1.20. The van der Waals surface area contributed by atoms with E-state index in [1.807, 2.05) is 12.1 Å². The summed E-state index contributed by atoms with van der Waals surface area (Å²) in [4.78, 5) is 0. The normalized spacial score (nSPS) is 13.4. The highest BCUT2D eigenvalue weighted by Gasteiger charge is 2.42. The Morgan fingerprint density at radius 3 is 1.88 bits per heavy atom. The van der Waals surface area contributed by atoms with Gasteiger partial charge >= 0.3 is 6.18 Å². The van der Waals surface area contributed by atoms with Crippen molar-refractivity contribution in [1.82, 2.24) is 15.0 Å². The number of nitrogens with zero attached hydrogens (tertiary/aromatic N) is 3. The zero-order valence-corrected chi connectivity index (χ0v) is 30.5. The molecule has 42 heavy (non-hydrogen) atoms. The summed E-state index contributed by atoms with van der Waals surface area (Å²) >= 11 is 2.06. The molecule has 0 aliphatic rings. The van der Waals surface area contributed by atoms with Gasteiger partial charge in [-0.3, -0.25) is 0 Å². The first-order valence-corrected chi connectivity index (χ1v) is 20.9. The van der Waals surface area contributed by atoms with Crippen LogP contribution in [-0.4, -0.2) is 31.6 Å². The van der Waals surface area contributed by atoms with E-state index in [4.69, 9.17) is 8.85 Å². The van der Waals surface area contributed by atoms with Gasteiger partial charge in [0.05, 0.1) is 12.1 Å². The van der Waals surface area contributed by atoms with Crippen LogP contribution in [0.15, 0.2) is 30.3 Å². The van der Waals surface area contributed by atoms with E-state index < -0.39 is 34.2 Å². The third kappa shape index (κ3) is 7.40. The summed E-state index contributed by atoms with van der Waals surface area (Å²) in [7, 11) is -4.49. The minimum Gasteiger partial charge on any atom is -0.543 e. The predicted molar refractivity (Wildman–Crippen MR) is 174 cm³/mol. The molecule has 0 fully saturated rings. The van der Waals surface area contributed by atoms with Crippen molar-refractivity contribution in [2.75, 3.05) is 0 Å². The average molecular weight is 736 g/mol. The van der Waals surface area contributed by atoms with Crippen LogP contribution in [0, 0.1) is 9.52 Å². The number of aromatic nitrogens is 3. The Kier molecular flexibility index (Phi) is 9.76. The zero-order valence-electron chi connectivity index (χ0n) is 26.3. The van der Waals surface area contributed by atoms with E-state index in [0.717, 1.165) is 35.1 Å². The molecule has 0 aliphatic carbocycles. The van der Waals surface area contributed by atoms with Gasteiger partial charge in [0.15, 0.2) is 0 Å². The maximum atomic E-state index is 14.6. The lowest BCUT2D eigenvalue weighted by Gasteiger charge is -2.39. The fourth-order valence-electron chi connectivity index (χ4n) is 3.70. The van der Waals surface area contributed by atoms with Crippen molar-refractivity contribution in [3.63, 3.8) is 0 Å². The molecule has 0 aliphatic heterocycles. The monoisotopic (exact) mass is 735 g/mol. The highest BCUT2D eigenvalue weighted by atomic mass is 127. The van der Waals surface area contributed by atoms with Crippen LogP contribution in [0.4, 0.5) is 17.6 Å². The lowest BCUT2D eigenvalue weighted by molar-refractivity contribution is -0.137. The Morgan fingerprint density at radius 1 is 0.833 bits per heavy atom. The van der Waals surface area contributed by atoms with Crippen LogP contribution in [0.5, 0.6) is 11.5 Å². The molecule has 1 heterocycles. The van der Waals surface area contributed by atoms with E-state index in [2.05, 4.69) is 108 Å². The maximum Gasteiger partial charge on any atom is 0.416 e. The topological polar surface area (TPSA) is 49.2 Å². The molecule has 0 saturated carbocycles. The van der Waals surface area contributed by atoms with Gasteiger partial charge in [-0.1, -0.05) is 53.7 Å². The number of halogens is 5. The summed E-state index contributed by atoms with van der Waals surface area (Å²) in [6.45, 7) is 23.7. The van der Waals surface area contributed by atoms with Crippen molar-refractivity contribution in [2.45, 2.75) is 104 Å². The quantitative estimate of drug-likeness (QED) is 0.131. The standard InChI is InChI=1S/C30H42F4IN3O2Si2/c1-12-19-16-22(25(40-42(10,11)29(5,6)7)17-24(19)39-41(8,9)28(2,3)4)26-27(35)38(37-36-26)18-20-15-21(30(32,33)34)13-14-23(20)31/h13-17H,12,18H2,1-11H3. The van der Waals surface area contributed by atoms with Crippen molar-refractivity contribution in [2.24, 2.45) is 0 Å². The van der Waals surface area contributed by atoms with Gasteiger partial charge in [-0.25, -0.2) is 9.07 Å². The minimum atomic E-state index is -4.58. The van der Waals surface area contributed by atoms with Gasteiger partial charge in [0, 0.05) is 17.2 Å². The summed E-state index contributed by atoms with van der Waals surface area (Å²) < 4.78 is 70.1. The summed E-state index contributed by atoms with van der Waals surface area (Å²) in [5, 5.41) is 8.55. The first-order chi connectivity index (χ1) is 19.0. The molecule has 0 unspecified atom stereocenters. The van der Waals surface area contributed by atoms with Crippen LogP contribution in [0.1, 0.15) is 65.2 Å². The van der Waals surface area contributed by atoms with Crippen LogP contribution >= 0.6 is 22.6 Å². The molecular formula is C30H42F4IN3O2Si2. The molecule has 0 amide bonds. The smallest absolute Gasteiger partial charge is 0.416 e. The SMILES string of the molecule is CCc1cc(-c2nnn(Cc3cc(C(F)(F)F)ccc3F)c2I)c(O[Si](C)(C)C(C)(C)C)cc1O[Si](C)(C)C(C)(C)C. The average Bonchev–Trinajstić information content (AvgIpc) is 3.17. The van der Waals surface area contributed by atoms with Crippen molar-refractivity contribution >= 4 is 39.2 Å². The molecule has 5 nitrogen and oxygen atoms in total. The first-order valence-electron chi connectivity index (χ1n) is 14.0. The van der Waals surface area contributed by atoms with Crippen LogP contribution in [0.3, 0.4) is 0 Å². The second kappa shape index (κ2) is 11.9. The number of alkyl halides is 3. The lowest BCUT2D eigenvalue weighted by atomic mass is 10.0. The van der Waals surface area contributed by atoms with Crippen LogP contribution in [0.2, 0.25) is 36.3 Å². The molecule has 0 bridgehead atoms. The second-order valence-electron chi connectivity index (χ2n) is 13.7. The van der Waals surface area contributed by atoms with Gasteiger partial charge in [0.2, 0.25) is 8.32 Å². The summed E-state index contributed by atoms with van der Waals surface area (Å²) in [6, 6.07) is 6.38. The predicted octanol–water partition coefficient (Wildman–Crippen LogP) is 10.1. The Hall–Kier alpha value is -1.94. The van der Waals surface area contributed by atoms with Gasteiger partial charge in [-0.05, 0) is 95.1 Å². The third-order valence-electron chi connectivity index (χ3n) is 8.51. The van der Waals surface area contributed by atoms with Crippen molar-refractivity contribution in [3.8, 4) is 22.8 Å². The van der Waals surface area contributed by atoms with Crippen LogP contribution < -0.4 is 8.85 Å². The fraction of sp³-hybridized carbons (Fsp3) is 0.533. The van der Waals surface area contributed by atoms with E-state index in [0.29, 0.717) is 21.6 Å². The highest BCUT2D eigenvalue weighted by Crippen LogP contribution is 2.45. The van der Waals surface area contributed by atoms with Crippen molar-refractivity contribution in [1.29, 1.82) is 0 Å². The Morgan fingerprint density at radius 2 is 1.38 bits per heavy atom. The molecule has 12 heteroatoms. The van der Waals surface area contributed by atoms with Gasteiger partial charge in [0.1, 0.15) is 26.7 Å². The molecule has 232 valence electrons. The summed E-state index contributed by atoms with van der Waals surface area (Å²) in [5.74, 6) is 0.677. The van der Waals surface area contributed by atoms with E-state index in [-0.39, 0.29) is 22.2 Å². The van der Waals surface area contributed by atoms with E-state index in [1.165, 1.54) is 4.68 Å². The second-order valence-corrected chi connectivity index (χ2v) is 24.2. The maximum absolute atomic E-state index is 14.6. The molecule has 0 saturated heterocycles. The Bertz CT molecular complexity index is 1440. The third-order valence-corrected chi connectivity index (χ3v) is 18.3. The molecule has 0 atom stereocenters. The number of benzene rings is 2. The number of hydrogen-bond donors (Lipinski definition) is 0. The fourth-order valence-corrected chi connectivity index (χ4v) is 6.44. The van der Waals surface area contributed by atoms with Crippen LogP contribution in [0.25, 0.3) is 11.3 Å². The molecule has 2 aromatic carbocycles. The van der Waals surface area contributed by atoms with Gasteiger partial charge in [-0.15, -0.1) is 5.10 Å². The molecule has 3 aromatic rings. The molecule has 0 spiro atoms.